The smallest absolute Gasteiger partial charge is 0.338 e. The second kappa shape index (κ2) is 8.34. The number of ether oxygens (including phenoxy) is 3. The fraction of sp³-hybridized carbons (Fsp3) is 0.240. The normalized spacial score (nSPS) is 25.1. The van der Waals surface area contributed by atoms with Crippen molar-refractivity contribution in [1.29, 1.82) is 0 Å². The van der Waals surface area contributed by atoms with Crippen molar-refractivity contribution in [3.63, 3.8) is 0 Å². The summed E-state index contributed by atoms with van der Waals surface area (Å²) in [5.41, 5.74) is 3.84. The predicted octanol–water partition coefficient (Wildman–Crippen LogP) is 5.92. The average Bonchev–Trinajstić information content (AvgIpc) is 3.37. The van der Waals surface area contributed by atoms with Crippen molar-refractivity contribution in [1.82, 2.24) is 0 Å². The summed E-state index contributed by atoms with van der Waals surface area (Å²) in [5.74, 6) is -0.326. The maximum atomic E-state index is 12.5. The van der Waals surface area contributed by atoms with Gasteiger partial charge in [-0.15, -0.1) is 0 Å². The Morgan fingerprint density at radius 2 is 1.53 bits per heavy atom. The molecule has 0 amide bonds. The van der Waals surface area contributed by atoms with Crippen molar-refractivity contribution in [2.24, 2.45) is 0 Å². The van der Waals surface area contributed by atoms with Crippen LogP contribution in [0.25, 0.3) is 11.1 Å². The topological polar surface area (TPSA) is 44.8 Å². The van der Waals surface area contributed by atoms with Crippen LogP contribution in [0.1, 0.15) is 35.1 Å². The van der Waals surface area contributed by atoms with Crippen molar-refractivity contribution >= 4 is 21.9 Å². The van der Waals surface area contributed by atoms with Crippen LogP contribution >= 0.6 is 15.9 Å². The molecule has 3 aromatic rings. The van der Waals surface area contributed by atoms with E-state index in [4.69, 9.17) is 14.2 Å². The third kappa shape index (κ3) is 3.93. The van der Waals surface area contributed by atoms with Gasteiger partial charge in [0.2, 0.25) is 0 Å². The van der Waals surface area contributed by atoms with Crippen molar-refractivity contribution in [2.45, 2.75) is 37.4 Å². The first-order valence-electron chi connectivity index (χ1n) is 10.1. The van der Waals surface area contributed by atoms with E-state index >= 15 is 0 Å². The van der Waals surface area contributed by atoms with E-state index in [1.165, 1.54) is 5.56 Å². The van der Waals surface area contributed by atoms with Crippen LogP contribution in [0.5, 0.6) is 0 Å². The largest absolute Gasteiger partial charge is 0.456 e. The second-order valence-corrected chi connectivity index (χ2v) is 8.54. The van der Waals surface area contributed by atoms with Crippen molar-refractivity contribution < 1.29 is 19.0 Å². The summed E-state index contributed by atoms with van der Waals surface area (Å²) in [6.07, 6.45) is 0.562. The van der Waals surface area contributed by atoms with E-state index in [2.05, 4.69) is 40.2 Å². The summed E-state index contributed by atoms with van der Waals surface area (Å²) in [4.78, 5) is 12.5. The van der Waals surface area contributed by atoms with Crippen LogP contribution in [-0.4, -0.2) is 24.3 Å². The fourth-order valence-corrected chi connectivity index (χ4v) is 4.35. The zero-order valence-electron chi connectivity index (χ0n) is 16.2. The van der Waals surface area contributed by atoms with Gasteiger partial charge in [0.05, 0.1) is 11.7 Å². The summed E-state index contributed by atoms with van der Waals surface area (Å²) < 4.78 is 19.0. The molecule has 1 heterocycles. The van der Waals surface area contributed by atoms with Gasteiger partial charge in [0.15, 0.2) is 6.29 Å². The minimum absolute atomic E-state index is 0.0495. The van der Waals surface area contributed by atoms with Gasteiger partial charge in [0, 0.05) is 10.0 Å². The lowest BCUT2D eigenvalue weighted by Gasteiger charge is -2.19. The molecule has 1 aliphatic carbocycles. The molecule has 5 rings (SSSR count). The molecule has 152 valence electrons. The molecule has 1 saturated carbocycles. The molecule has 5 heteroatoms. The van der Waals surface area contributed by atoms with Crippen molar-refractivity contribution in [3.8, 4) is 11.1 Å². The van der Waals surface area contributed by atoms with E-state index in [1.807, 2.05) is 42.5 Å². The van der Waals surface area contributed by atoms with E-state index in [0.29, 0.717) is 5.56 Å². The van der Waals surface area contributed by atoms with Crippen LogP contribution < -0.4 is 0 Å². The molecule has 1 saturated heterocycles. The van der Waals surface area contributed by atoms with Gasteiger partial charge in [-0.05, 0) is 48.2 Å². The number of hydrogen-bond acceptors (Lipinski definition) is 4. The lowest BCUT2D eigenvalue weighted by Crippen LogP contribution is -2.31. The molecule has 2 fully saturated rings. The molecule has 4 nitrogen and oxygen atoms in total. The summed E-state index contributed by atoms with van der Waals surface area (Å²) in [6.45, 7) is 0. The molecular formula is C25H21BrO4. The van der Waals surface area contributed by atoms with Crippen LogP contribution in [0.3, 0.4) is 0 Å². The number of fused-ring (bicyclic) bond motifs is 1. The molecule has 30 heavy (non-hydrogen) atoms. The first-order chi connectivity index (χ1) is 14.7. The lowest BCUT2D eigenvalue weighted by atomic mass is 10.0. The third-order valence-electron chi connectivity index (χ3n) is 5.68. The average molecular weight is 465 g/mol. The first-order valence-corrected chi connectivity index (χ1v) is 10.9. The van der Waals surface area contributed by atoms with Crippen LogP contribution in [-0.2, 0) is 14.2 Å². The Balaban J connectivity index is 1.25. The Morgan fingerprint density at radius 3 is 2.27 bits per heavy atom. The minimum atomic E-state index is -0.431. The van der Waals surface area contributed by atoms with Gasteiger partial charge in [-0.3, -0.25) is 0 Å². The molecule has 2 aliphatic rings. The number of carbonyl (C=O) groups excluding carboxylic acids is 1. The molecule has 3 aromatic carbocycles. The van der Waals surface area contributed by atoms with Gasteiger partial charge in [0.25, 0.3) is 0 Å². The van der Waals surface area contributed by atoms with Gasteiger partial charge in [-0.2, -0.15) is 0 Å². The Morgan fingerprint density at radius 1 is 0.833 bits per heavy atom. The van der Waals surface area contributed by atoms with Crippen LogP contribution in [0.4, 0.5) is 0 Å². The van der Waals surface area contributed by atoms with Crippen LogP contribution in [0.15, 0.2) is 83.3 Å². The second-order valence-electron chi connectivity index (χ2n) is 7.62. The Labute approximate surface area is 183 Å². The maximum absolute atomic E-state index is 12.5. The Hall–Kier alpha value is -2.47. The number of benzene rings is 3. The first kappa shape index (κ1) is 19.5. The zero-order chi connectivity index (χ0) is 20.5. The summed E-state index contributed by atoms with van der Waals surface area (Å²) in [5, 5.41) is 0. The van der Waals surface area contributed by atoms with Gasteiger partial charge >= 0.3 is 5.97 Å². The minimum Gasteiger partial charge on any atom is -0.456 e. The summed E-state index contributed by atoms with van der Waals surface area (Å²) in [6, 6.07) is 25.7. The van der Waals surface area contributed by atoms with E-state index < -0.39 is 6.29 Å². The van der Waals surface area contributed by atoms with Gasteiger partial charge < -0.3 is 14.2 Å². The molecule has 0 N–H and O–H groups in total. The molecule has 0 radical (unpaired) electrons. The molecule has 0 bridgehead atoms. The van der Waals surface area contributed by atoms with Crippen LogP contribution in [0, 0.1) is 0 Å². The molecular weight excluding hydrogens is 444 g/mol. The Bertz CT molecular complexity index is 1020. The highest BCUT2D eigenvalue weighted by atomic mass is 79.9. The quantitative estimate of drug-likeness (QED) is 0.449. The van der Waals surface area contributed by atoms with E-state index in [9.17, 15) is 4.79 Å². The highest BCUT2D eigenvalue weighted by molar-refractivity contribution is 9.10. The molecule has 4 atom stereocenters. The monoisotopic (exact) mass is 464 g/mol. The van der Waals surface area contributed by atoms with E-state index in [1.54, 1.807) is 12.1 Å². The molecule has 0 aromatic heterocycles. The third-order valence-corrected chi connectivity index (χ3v) is 6.20. The van der Waals surface area contributed by atoms with E-state index in [0.717, 1.165) is 28.4 Å². The Kier molecular flexibility index (Phi) is 5.42. The maximum Gasteiger partial charge on any atom is 0.338 e. The van der Waals surface area contributed by atoms with Gasteiger partial charge in [-0.1, -0.05) is 70.5 Å². The number of rotatable bonds is 4. The van der Waals surface area contributed by atoms with Crippen molar-refractivity contribution in [2.75, 3.05) is 0 Å². The predicted molar refractivity (Wildman–Crippen MR) is 117 cm³/mol. The highest BCUT2D eigenvalue weighted by Crippen LogP contribution is 2.41. The summed E-state index contributed by atoms with van der Waals surface area (Å²) in [7, 11) is 0. The lowest BCUT2D eigenvalue weighted by molar-refractivity contribution is -0.0955. The molecule has 0 spiro atoms. The van der Waals surface area contributed by atoms with Gasteiger partial charge in [-0.25, -0.2) is 4.79 Å². The van der Waals surface area contributed by atoms with Crippen molar-refractivity contribution in [3.05, 3.63) is 94.5 Å². The standard InChI is InChI=1S/C25H21BrO4/c26-20-12-10-18(11-13-20)24(27)28-21-14-15-22-23(21)30-25(29-22)19-8-6-17(7-9-19)16-4-2-1-3-5-16/h1-13,21-23,25H,14-15H2/t21-,22+,23-,25+/m0/s1. The molecule has 0 unspecified atom stereocenters. The number of carbonyl (C=O) groups is 1. The summed E-state index contributed by atoms with van der Waals surface area (Å²) >= 11 is 3.38. The number of hydrogen-bond donors (Lipinski definition) is 0. The van der Waals surface area contributed by atoms with Gasteiger partial charge in [0.1, 0.15) is 12.2 Å². The molecule has 1 aliphatic heterocycles. The zero-order valence-corrected chi connectivity index (χ0v) is 17.8. The number of esters is 1. The number of halogens is 1. The SMILES string of the molecule is O=C(O[C@H]1CC[C@H]2O[C@@H](c3ccc(-c4ccccc4)cc3)O[C@@H]12)c1ccc(Br)cc1. The van der Waals surface area contributed by atoms with E-state index in [-0.39, 0.29) is 24.3 Å². The highest BCUT2D eigenvalue weighted by Gasteiger charge is 2.48. The van der Waals surface area contributed by atoms with Crippen LogP contribution in [0.2, 0.25) is 0 Å². The fourth-order valence-electron chi connectivity index (χ4n) is 4.09.